The van der Waals surface area contributed by atoms with E-state index in [0.29, 0.717) is 19.4 Å². The van der Waals surface area contributed by atoms with Gasteiger partial charge >= 0.3 is 0 Å². The highest BCUT2D eigenvalue weighted by Crippen LogP contribution is 2.49. The molecule has 6 nitrogen and oxygen atoms in total. The lowest BCUT2D eigenvalue weighted by atomic mass is 9.99. The largest absolute Gasteiger partial charge is 0.348 e. The molecule has 26 heavy (non-hydrogen) atoms. The Bertz CT molecular complexity index is 1030. The van der Waals surface area contributed by atoms with Gasteiger partial charge in [-0.3, -0.25) is 4.79 Å². The van der Waals surface area contributed by atoms with Crippen molar-refractivity contribution < 1.29 is 9.18 Å². The first-order valence-corrected chi connectivity index (χ1v) is 9.29. The zero-order valence-electron chi connectivity index (χ0n) is 14.3. The molecular weight excluding hydrogens is 352 g/mol. The molecule has 1 saturated carbocycles. The van der Waals surface area contributed by atoms with Crippen LogP contribution in [0, 0.1) is 5.92 Å². The lowest BCUT2D eigenvalue weighted by Gasteiger charge is -2.34. The molecule has 4 heterocycles. The van der Waals surface area contributed by atoms with Crippen molar-refractivity contribution in [1.29, 1.82) is 0 Å². The molecule has 3 aromatic rings. The van der Waals surface area contributed by atoms with Crippen LogP contribution in [-0.2, 0) is 11.2 Å². The fraction of sp³-hybridized carbons (Fsp3) is 0.389. The molecule has 8 heteroatoms. The van der Waals surface area contributed by atoms with Gasteiger partial charge in [0, 0.05) is 24.9 Å². The Morgan fingerprint density at radius 3 is 3.04 bits per heavy atom. The third-order valence-electron chi connectivity index (χ3n) is 5.51. The predicted molar refractivity (Wildman–Crippen MR) is 98.0 cm³/mol. The minimum Gasteiger partial charge on any atom is -0.348 e. The van der Waals surface area contributed by atoms with Crippen molar-refractivity contribution in [3.63, 3.8) is 0 Å². The minimum absolute atomic E-state index is 0.142. The van der Waals surface area contributed by atoms with Gasteiger partial charge in [-0.15, -0.1) is 9.24 Å². The first-order chi connectivity index (χ1) is 12.5. The molecule has 0 radical (unpaired) electrons. The van der Waals surface area contributed by atoms with Gasteiger partial charge in [0.2, 0.25) is 5.91 Å². The van der Waals surface area contributed by atoms with Crippen LogP contribution in [-0.4, -0.2) is 42.6 Å². The number of rotatable bonds is 2. The highest BCUT2D eigenvalue weighted by molar-refractivity contribution is 7.28. The van der Waals surface area contributed by atoms with Gasteiger partial charge < -0.3 is 9.88 Å². The van der Waals surface area contributed by atoms with Crippen LogP contribution in [0.4, 0.5) is 4.39 Å². The first-order valence-electron chi connectivity index (χ1n) is 8.71. The molecule has 134 valence electrons. The van der Waals surface area contributed by atoms with E-state index in [1.54, 1.807) is 15.7 Å². The Balaban J connectivity index is 1.61. The molecule has 1 fully saturated rings. The van der Waals surface area contributed by atoms with Crippen molar-refractivity contribution >= 4 is 26.0 Å². The Labute approximate surface area is 152 Å². The summed E-state index contributed by atoms with van der Waals surface area (Å²) >= 11 is 0. The number of carbonyl (C=O) groups excluding carboxylic acids is 1. The number of carbonyl (C=O) groups is 1. The first kappa shape index (κ1) is 15.9. The van der Waals surface area contributed by atoms with Gasteiger partial charge in [0.1, 0.15) is 11.7 Å². The molecule has 5 rings (SSSR count). The highest BCUT2D eigenvalue weighted by Gasteiger charge is 2.58. The monoisotopic (exact) mass is 371 g/mol. The molecule has 0 bridgehead atoms. The SMILES string of the molecule is CC1(F)C[C@@H]1C(=O)N1CCc2[nH]cnc2[C@H]1c1cc2c(P)cccn2n1. The van der Waals surface area contributed by atoms with Gasteiger partial charge in [0.25, 0.3) is 0 Å². The molecule has 4 atom stereocenters. The number of alkyl halides is 1. The van der Waals surface area contributed by atoms with Gasteiger partial charge in [0.05, 0.1) is 29.1 Å². The minimum atomic E-state index is -1.39. The van der Waals surface area contributed by atoms with Gasteiger partial charge in [-0.25, -0.2) is 13.9 Å². The van der Waals surface area contributed by atoms with Crippen LogP contribution in [0.3, 0.4) is 0 Å². The van der Waals surface area contributed by atoms with E-state index in [1.807, 2.05) is 24.4 Å². The van der Waals surface area contributed by atoms with Crippen LogP contribution in [0.25, 0.3) is 5.52 Å². The number of aromatic nitrogens is 4. The summed E-state index contributed by atoms with van der Waals surface area (Å²) in [5.41, 5.74) is 2.15. The average molecular weight is 371 g/mol. The smallest absolute Gasteiger partial charge is 0.229 e. The molecule has 3 aromatic heterocycles. The van der Waals surface area contributed by atoms with Crippen LogP contribution in [0.2, 0.25) is 0 Å². The van der Waals surface area contributed by atoms with Crippen LogP contribution in [0.5, 0.6) is 0 Å². The molecule has 0 spiro atoms. The van der Waals surface area contributed by atoms with Crippen molar-refractivity contribution in [2.24, 2.45) is 5.92 Å². The highest BCUT2D eigenvalue weighted by atomic mass is 31.0. The third-order valence-corrected chi connectivity index (χ3v) is 6.00. The fourth-order valence-corrected chi connectivity index (χ4v) is 4.22. The number of aromatic amines is 1. The second kappa shape index (κ2) is 5.36. The Hall–Kier alpha value is -2.27. The number of nitrogens with one attached hydrogen (secondary N) is 1. The van der Waals surface area contributed by atoms with E-state index >= 15 is 0 Å². The molecule has 2 aliphatic rings. The molecule has 0 saturated heterocycles. The van der Waals surface area contributed by atoms with E-state index in [-0.39, 0.29) is 5.91 Å². The Morgan fingerprint density at radius 1 is 1.50 bits per heavy atom. The molecule has 1 aliphatic carbocycles. The summed E-state index contributed by atoms with van der Waals surface area (Å²) in [6.07, 6.45) is 4.52. The second-order valence-electron chi connectivity index (χ2n) is 7.35. The molecular formula is C18H19FN5OP. The molecule has 1 N–H and O–H groups in total. The third kappa shape index (κ3) is 2.30. The number of hydrogen-bond donors (Lipinski definition) is 1. The van der Waals surface area contributed by atoms with Crippen molar-refractivity contribution in [1.82, 2.24) is 24.5 Å². The second-order valence-corrected chi connectivity index (χ2v) is 7.97. The fourth-order valence-electron chi connectivity index (χ4n) is 3.89. The Morgan fingerprint density at radius 2 is 2.31 bits per heavy atom. The zero-order chi connectivity index (χ0) is 18.1. The van der Waals surface area contributed by atoms with Gasteiger partial charge in [-0.05, 0) is 30.8 Å². The summed E-state index contributed by atoms with van der Waals surface area (Å²) in [4.78, 5) is 22.4. The van der Waals surface area contributed by atoms with Gasteiger partial charge in [-0.1, -0.05) is 6.07 Å². The van der Waals surface area contributed by atoms with Gasteiger partial charge in [0.15, 0.2) is 0 Å². The van der Waals surface area contributed by atoms with E-state index in [0.717, 1.165) is 27.9 Å². The number of hydrogen-bond acceptors (Lipinski definition) is 3. The maximum atomic E-state index is 14.2. The molecule has 0 aromatic carbocycles. The maximum Gasteiger partial charge on any atom is 0.229 e. The summed E-state index contributed by atoms with van der Waals surface area (Å²) in [7, 11) is 2.70. The van der Waals surface area contributed by atoms with Crippen LogP contribution < -0.4 is 5.30 Å². The number of nitrogens with zero attached hydrogens (tertiary/aromatic N) is 4. The molecule has 1 aliphatic heterocycles. The predicted octanol–water partition coefficient (Wildman–Crippen LogP) is 1.78. The summed E-state index contributed by atoms with van der Waals surface area (Å²) in [5.74, 6) is -0.698. The van der Waals surface area contributed by atoms with E-state index in [4.69, 9.17) is 0 Å². The number of halogens is 1. The lowest BCUT2D eigenvalue weighted by molar-refractivity contribution is -0.135. The van der Waals surface area contributed by atoms with Gasteiger partial charge in [-0.2, -0.15) is 5.10 Å². The normalized spacial score (nSPS) is 27.6. The summed E-state index contributed by atoms with van der Waals surface area (Å²) in [6.45, 7) is 2.03. The number of amides is 1. The summed E-state index contributed by atoms with van der Waals surface area (Å²) in [5, 5.41) is 5.71. The number of pyridine rings is 1. The van der Waals surface area contributed by atoms with E-state index in [1.165, 1.54) is 6.92 Å². The standard InChI is InChI=1S/C18H19FN5OP/c1-18(19)8-10(18)17(25)23-6-4-11-15(21-9-20-11)16(23)12-7-13-14(26)3-2-5-24(13)22-12/h2-3,5,7,9-10,16H,4,6,8,26H2,1H3,(H,20,21)/t10-,16-,18?/m1/s1. The van der Waals surface area contributed by atoms with Crippen molar-refractivity contribution in [3.05, 3.63) is 47.8 Å². The van der Waals surface area contributed by atoms with Crippen LogP contribution in [0.15, 0.2) is 30.7 Å². The number of H-pyrrole nitrogens is 1. The summed E-state index contributed by atoms with van der Waals surface area (Å²) in [6, 6.07) is 5.51. The number of imidazole rings is 1. The maximum absolute atomic E-state index is 14.2. The van der Waals surface area contributed by atoms with Crippen molar-refractivity contribution in [2.45, 2.75) is 31.5 Å². The zero-order valence-corrected chi connectivity index (χ0v) is 15.5. The Kier molecular flexibility index (Phi) is 3.29. The van der Waals surface area contributed by atoms with E-state index in [9.17, 15) is 9.18 Å². The van der Waals surface area contributed by atoms with Crippen LogP contribution in [0.1, 0.15) is 36.5 Å². The molecule has 2 unspecified atom stereocenters. The van der Waals surface area contributed by atoms with Crippen molar-refractivity contribution in [3.8, 4) is 0 Å². The molecule has 1 amide bonds. The quantitative estimate of drug-likeness (QED) is 0.699. The topological polar surface area (TPSA) is 66.3 Å². The summed E-state index contributed by atoms with van der Waals surface area (Å²) < 4.78 is 16.0. The van der Waals surface area contributed by atoms with E-state index in [2.05, 4.69) is 24.3 Å². The lowest BCUT2D eigenvalue weighted by Crippen LogP contribution is -2.42. The van der Waals surface area contributed by atoms with E-state index < -0.39 is 17.6 Å². The average Bonchev–Trinajstić information content (AvgIpc) is 2.99. The van der Waals surface area contributed by atoms with Crippen LogP contribution >= 0.6 is 9.24 Å². The van der Waals surface area contributed by atoms with Crippen molar-refractivity contribution in [2.75, 3.05) is 6.54 Å². The number of fused-ring (bicyclic) bond motifs is 2.